The number of hydrogen-bond donors (Lipinski definition) is 0. The molecule has 1 aliphatic heterocycles. The Labute approximate surface area is 183 Å². The normalized spacial score (nSPS) is 19.0. The summed E-state index contributed by atoms with van der Waals surface area (Å²) < 4.78 is 20.9. The van der Waals surface area contributed by atoms with Crippen molar-refractivity contribution in [2.45, 2.75) is 97.2 Å². The van der Waals surface area contributed by atoms with E-state index < -0.39 is 8.32 Å². The molecule has 0 radical (unpaired) electrons. The number of hydrogen-bond acceptors (Lipinski definition) is 4. The highest BCUT2D eigenvalue weighted by molar-refractivity contribution is 6.74. The maximum Gasteiger partial charge on any atom is 0.494 e. The smallest absolute Gasteiger partial charge is 0.417 e. The maximum atomic E-state index is 6.29. The van der Waals surface area contributed by atoms with Crippen LogP contribution in [0.25, 0.3) is 11.0 Å². The van der Waals surface area contributed by atoms with Crippen LogP contribution in [0.15, 0.2) is 24.5 Å². The largest absolute Gasteiger partial charge is 0.494 e. The predicted octanol–water partition coefficient (Wildman–Crippen LogP) is 5.14. The minimum atomic E-state index is -1.65. The number of benzene rings is 1. The van der Waals surface area contributed by atoms with Crippen LogP contribution in [0.2, 0.25) is 18.1 Å². The second-order valence-electron chi connectivity index (χ2n) is 11.1. The molecule has 0 amide bonds. The Kier molecular flexibility index (Phi) is 6.33. The summed E-state index contributed by atoms with van der Waals surface area (Å²) in [6.07, 6.45) is 4.09. The van der Waals surface area contributed by atoms with Gasteiger partial charge < -0.3 is 18.3 Å². The van der Waals surface area contributed by atoms with Crippen LogP contribution in [0.3, 0.4) is 0 Å². The third-order valence-electron chi connectivity index (χ3n) is 7.23. The average Bonchev–Trinajstić information content (AvgIpc) is 3.10. The van der Waals surface area contributed by atoms with Crippen molar-refractivity contribution in [3.8, 4) is 0 Å². The van der Waals surface area contributed by atoms with E-state index in [1.165, 1.54) is 0 Å². The quantitative estimate of drug-likeness (QED) is 0.451. The topological polar surface area (TPSA) is 45.5 Å². The number of aromatic nitrogens is 2. The van der Waals surface area contributed by atoms with E-state index in [1.807, 2.05) is 6.33 Å². The van der Waals surface area contributed by atoms with Crippen LogP contribution in [0.4, 0.5) is 0 Å². The number of nitrogens with zero attached hydrogens (tertiary/aromatic N) is 2. The van der Waals surface area contributed by atoms with Crippen molar-refractivity contribution >= 4 is 31.9 Å². The zero-order chi connectivity index (χ0) is 22.4. The minimum Gasteiger partial charge on any atom is -0.417 e. The third-order valence-corrected chi connectivity index (χ3v) is 11.8. The second-order valence-corrected chi connectivity index (χ2v) is 15.9. The molecule has 2 heterocycles. The van der Waals surface area contributed by atoms with Crippen molar-refractivity contribution in [1.82, 2.24) is 9.55 Å². The molecule has 1 fully saturated rings. The molecule has 0 atom stereocenters. The number of fused-ring (bicyclic) bond motifs is 1. The van der Waals surface area contributed by atoms with Crippen LogP contribution in [-0.4, -0.2) is 42.8 Å². The van der Waals surface area contributed by atoms with Gasteiger partial charge in [0.25, 0.3) is 0 Å². The van der Waals surface area contributed by atoms with Crippen molar-refractivity contribution in [3.05, 3.63) is 24.5 Å². The van der Waals surface area contributed by atoms with E-state index in [0.717, 1.165) is 42.5 Å². The van der Waals surface area contributed by atoms with Crippen molar-refractivity contribution in [3.63, 3.8) is 0 Å². The first-order valence-corrected chi connectivity index (χ1v) is 14.1. The number of aryl methyl sites for hydroxylation is 1. The van der Waals surface area contributed by atoms with Gasteiger partial charge in [0.2, 0.25) is 0 Å². The number of rotatable bonds is 7. The summed E-state index contributed by atoms with van der Waals surface area (Å²) in [5.41, 5.74) is 2.49. The van der Waals surface area contributed by atoms with E-state index in [-0.39, 0.29) is 23.4 Å². The summed E-state index contributed by atoms with van der Waals surface area (Å²) in [6, 6.07) is 6.33. The zero-order valence-corrected chi connectivity index (χ0v) is 21.3. The van der Waals surface area contributed by atoms with E-state index >= 15 is 0 Å². The van der Waals surface area contributed by atoms with Gasteiger partial charge >= 0.3 is 7.12 Å². The molecule has 7 heteroatoms. The highest BCUT2D eigenvalue weighted by Crippen LogP contribution is 2.37. The summed E-state index contributed by atoms with van der Waals surface area (Å²) >= 11 is 0. The van der Waals surface area contributed by atoms with Crippen LogP contribution in [0.5, 0.6) is 0 Å². The minimum absolute atomic E-state index is 0.266. The second kappa shape index (κ2) is 8.08. The van der Waals surface area contributed by atoms with Crippen LogP contribution in [-0.2, 0) is 20.3 Å². The van der Waals surface area contributed by atoms with E-state index in [9.17, 15) is 0 Å². The van der Waals surface area contributed by atoms with Gasteiger partial charge in [0.15, 0.2) is 8.32 Å². The van der Waals surface area contributed by atoms with Gasteiger partial charge in [0.1, 0.15) is 0 Å². The Bertz CT molecular complexity index is 870. The monoisotopic (exact) mass is 430 g/mol. The summed E-state index contributed by atoms with van der Waals surface area (Å²) in [7, 11) is -2.00. The standard InChI is InChI=1S/C23H39BN2O3Si/c1-21(2,3)30(8,9)27-15-11-10-14-26-17-25-19-16-18(12-13-20(19)26)24-28-22(4,5)23(6,7)29-24/h12-13,16-17H,10-11,14-15H2,1-9H3. The van der Waals surface area contributed by atoms with Gasteiger partial charge in [0, 0.05) is 13.2 Å². The SMILES string of the molecule is CC1(C)OB(c2ccc3c(c2)ncn3CCCCO[Si](C)(C)C(C)(C)C)OC1(C)C. The maximum absolute atomic E-state index is 6.29. The van der Waals surface area contributed by atoms with E-state index in [4.69, 9.17) is 13.7 Å². The Balaban J connectivity index is 1.58. The highest BCUT2D eigenvalue weighted by Gasteiger charge is 2.51. The lowest BCUT2D eigenvalue weighted by Crippen LogP contribution is -2.41. The lowest BCUT2D eigenvalue weighted by atomic mass is 9.79. The molecule has 2 aromatic rings. The van der Waals surface area contributed by atoms with Crippen molar-refractivity contribution in [2.75, 3.05) is 6.61 Å². The number of unbranched alkanes of at least 4 members (excludes halogenated alkanes) is 1. The lowest BCUT2D eigenvalue weighted by Gasteiger charge is -2.36. The van der Waals surface area contributed by atoms with Crippen LogP contribution < -0.4 is 5.46 Å². The fourth-order valence-corrected chi connectivity index (χ4v) is 4.40. The zero-order valence-electron chi connectivity index (χ0n) is 20.3. The van der Waals surface area contributed by atoms with Crippen molar-refractivity contribution in [1.29, 1.82) is 0 Å². The van der Waals surface area contributed by atoms with Gasteiger partial charge in [-0.3, -0.25) is 0 Å². The first-order valence-electron chi connectivity index (χ1n) is 11.2. The highest BCUT2D eigenvalue weighted by atomic mass is 28.4. The first-order chi connectivity index (χ1) is 13.7. The van der Waals surface area contributed by atoms with Crippen molar-refractivity contribution in [2.24, 2.45) is 0 Å². The Hall–Kier alpha value is -1.15. The predicted molar refractivity (Wildman–Crippen MR) is 128 cm³/mol. The van der Waals surface area contributed by atoms with Gasteiger partial charge in [-0.15, -0.1) is 0 Å². The molecule has 0 unspecified atom stereocenters. The number of imidazole rings is 1. The van der Waals surface area contributed by atoms with E-state index in [2.05, 4.69) is 89.3 Å². The fraction of sp³-hybridized carbons (Fsp3) is 0.696. The Morgan fingerprint density at radius 1 is 1.07 bits per heavy atom. The molecule has 0 N–H and O–H groups in total. The van der Waals surface area contributed by atoms with Gasteiger partial charge in [-0.2, -0.15) is 0 Å². The summed E-state index contributed by atoms with van der Waals surface area (Å²) in [4.78, 5) is 4.62. The molecule has 5 nitrogen and oxygen atoms in total. The summed E-state index contributed by atoms with van der Waals surface area (Å²) in [6.45, 7) is 21.6. The van der Waals surface area contributed by atoms with Gasteiger partial charge in [-0.05, 0) is 76.3 Å². The average molecular weight is 430 g/mol. The lowest BCUT2D eigenvalue weighted by molar-refractivity contribution is 0.00578. The molecule has 1 aromatic carbocycles. The molecular weight excluding hydrogens is 391 g/mol. The molecule has 166 valence electrons. The molecule has 1 saturated heterocycles. The van der Waals surface area contributed by atoms with E-state index in [0.29, 0.717) is 0 Å². The molecule has 0 bridgehead atoms. The van der Waals surface area contributed by atoms with Crippen LogP contribution in [0.1, 0.15) is 61.3 Å². The third kappa shape index (κ3) is 4.69. The van der Waals surface area contributed by atoms with Gasteiger partial charge in [-0.25, -0.2) is 4.98 Å². The molecule has 1 aliphatic rings. The molecule has 0 aliphatic carbocycles. The molecule has 0 spiro atoms. The van der Waals surface area contributed by atoms with Gasteiger partial charge in [0.05, 0.1) is 28.6 Å². The summed E-state index contributed by atoms with van der Waals surface area (Å²) in [5.74, 6) is 0. The van der Waals surface area contributed by atoms with Crippen LogP contribution >= 0.6 is 0 Å². The fourth-order valence-electron chi connectivity index (χ4n) is 3.31. The molecule has 1 aromatic heterocycles. The molecular formula is C23H39BN2O3Si. The van der Waals surface area contributed by atoms with Crippen LogP contribution in [0, 0.1) is 0 Å². The Morgan fingerprint density at radius 2 is 1.70 bits per heavy atom. The first kappa shape index (κ1) is 23.5. The van der Waals surface area contributed by atoms with Crippen molar-refractivity contribution < 1.29 is 13.7 Å². The van der Waals surface area contributed by atoms with E-state index in [1.54, 1.807) is 0 Å². The van der Waals surface area contributed by atoms with Gasteiger partial charge in [-0.1, -0.05) is 26.8 Å². The Morgan fingerprint density at radius 3 is 2.30 bits per heavy atom. The molecule has 0 saturated carbocycles. The summed E-state index contributed by atoms with van der Waals surface area (Å²) in [5, 5.41) is 0.266. The molecule has 3 rings (SSSR count). The molecule has 30 heavy (non-hydrogen) atoms.